The fraction of sp³-hybridized carbons (Fsp3) is 0.700. The summed E-state index contributed by atoms with van der Waals surface area (Å²) in [5, 5.41) is 32.7. The normalized spacial score (nSPS) is 25.5. The molecule has 320 valence electrons. The van der Waals surface area contributed by atoms with Crippen molar-refractivity contribution in [2.75, 3.05) is 26.2 Å². The molecule has 0 heterocycles. The molecule has 4 aliphatic rings. The van der Waals surface area contributed by atoms with Crippen molar-refractivity contribution in [3.63, 3.8) is 0 Å². The number of hydrogen-bond acceptors (Lipinski definition) is 20. The Kier molecular flexibility index (Phi) is 31.4. The van der Waals surface area contributed by atoms with E-state index in [9.17, 15) is 19.2 Å². The molecule has 0 aromatic carbocycles. The lowest BCUT2D eigenvalue weighted by molar-refractivity contribution is 0.122. The third kappa shape index (κ3) is 27.1. The SMILES string of the molecule is N#CN=COC1CCC(CN=C=O)CC1.N#CN=COC1CCC(CN=C=O)CC1.N#CN=CO[C@H]1CCC[C@@H](CN=C=O)C1.N#CN=CO[C@H]1CCC[C@H](CN=C=O)C1. The summed E-state index contributed by atoms with van der Waals surface area (Å²) in [4.78, 5) is 67.4. The molecule has 4 saturated carbocycles. The van der Waals surface area contributed by atoms with Crippen LogP contribution >= 0.6 is 0 Å². The lowest BCUT2D eigenvalue weighted by atomic mass is 9.87. The van der Waals surface area contributed by atoms with Gasteiger partial charge in [0.1, 0.15) is 12.2 Å². The average Bonchev–Trinajstić information content (AvgIpc) is 3.28. The topological polar surface area (TPSA) is 299 Å². The zero-order chi connectivity index (χ0) is 43.7. The van der Waals surface area contributed by atoms with E-state index in [0.29, 0.717) is 49.9 Å². The van der Waals surface area contributed by atoms with E-state index in [1.165, 1.54) is 25.6 Å². The first-order chi connectivity index (χ1) is 29.5. The third-order valence-electron chi connectivity index (χ3n) is 10.2. The first-order valence-corrected chi connectivity index (χ1v) is 19.8. The van der Waals surface area contributed by atoms with Crippen LogP contribution in [0, 0.1) is 69.5 Å². The van der Waals surface area contributed by atoms with Crippen molar-refractivity contribution in [1.82, 2.24) is 0 Å². The largest absolute Gasteiger partial charge is 0.479 e. The van der Waals surface area contributed by atoms with Crippen LogP contribution < -0.4 is 0 Å². The summed E-state index contributed by atoms with van der Waals surface area (Å²) in [5.41, 5.74) is 0. The Morgan fingerprint density at radius 2 is 0.667 bits per heavy atom. The standard InChI is InChI=1S/4C10H13N3O2/c2*11-6-13-8-15-10-3-1-9(2-4-10)5-12-7-14;2*11-6-13-8-15-10-3-1-2-9(4-10)5-12-7-14/h4*8-10H,1-5H2/t;;9-,10+;9-,10-/m..10/s1. The van der Waals surface area contributed by atoms with Crippen LogP contribution in [0.1, 0.15) is 103 Å². The van der Waals surface area contributed by atoms with Crippen LogP contribution in [-0.4, -0.2) is 101 Å². The number of rotatable bonds is 16. The van der Waals surface area contributed by atoms with Gasteiger partial charge >= 0.3 is 0 Å². The third-order valence-corrected chi connectivity index (χ3v) is 10.2. The van der Waals surface area contributed by atoms with Gasteiger partial charge in [-0.05, 0) is 126 Å². The van der Waals surface area contributed by atoms with Crippen molar-refractivity contribution in [2.24, 2.45) is 63.6 Å². The van der Waals surface area contributed by atoms with E-state index in [2.05, 4.69) is 39.9 Å². The predicted molar refractivity (Wildman–Crippen MR) is 216 cm³/mol. The number of ether oxygens (including phenoxy) is 4. The summed E-state index contributed by atoms with van der Waals surface area (Å²) in [6.45, 7) is 2.20. The number of isocyanates is 4. The molecule has 60 heavy (non-hydrogen) atoms. The van der Waals surface area contributed by atoms with E-state index in [-0.39, 0.29) is 24.4 Å². The van der Waals surface area contributed by atoms with Crippen molar-refractivity contribution in [2.45, 2.75) is 127 Å². The molecule has 4 atom stereocenters. The summed E-state index contributed by atoms with van der Waals surface area (Å²) in [6.07, 6.45) is 33.6. The Labute approximate surface area is 350 Å². The number of hydrogen-bond donors (Lipinski definition) is 0. The molecule has 0 unspecified atom stereocenters. The first-order valence-electron chi connectivity index (χ1n) is 19.8. The van der Waals surface area contributed by atoms with Crippen molar-refractivity contribution < 1.29 is 38.1 Å². The lowest BCUT2D eigenvalue weighted by Crippen LogP contribution is -2.24. The maximum Gasteiger partial charge on any atom is 0.234 e. The summed E-state index contributed by atoms with van der Waals surface area (Å²) in [7, 11) is 0. The highest BCUT2D eigenvalue weighted by molar-refractivity contribution is 5.49. The quantitative estimate of drug-likeness (QED) is 0.0791. The van der Waals surface area contributed by atoms with Crippen LogP contribution in [0.4, 0.5) is 0 Å². The van der Waals surface area contributed by atoms with Crippen molar-refractivity contribution in [3.8, 4) is 24.8 Å². The Morgan fingerprint density at radius 3 is 0.950 bits per heavy atom. The average molecular weight is 829 g/mol. The number of aliphatic imine (C=N–C) groups is 8. The maximum atomic E-state index is 9.96. The van der Waals surface area contributed by atoms with Gasteiger partial charge in [-0.1, -0.05) is 0 Å². The summed E-state index contributed by atoms with van der Waals surface area (Å²) in [5.74, 6) is 1.72. The van der Waals surface area contributed by atoms with Crippen molar-refractivity contribution in [1.29, 1.82) is 21.0 Å². The van der Waals surface area contributed by atoms with E-state index in [1.54, 1.807) is 49.1 Å². The molecule has 0 radical (unpaired) electrons. The van der Waals surface area contributed by atoms with Gasteiger partial charge in [0.25, 0.3) is 0 Å². The Morgan fingerprint density at radius 1 is 0.383 bits per heavy atom. The molecular formula is C40H52N12O8. The summed E-state index contributed by atoms with van der Waals surface area (Å²) >= 11 is 0. The van der Waals surface area contributed by atoms with E-state index in [4.69, 9.17) is 40.0 Å². The molecule has 0 aliphatic heterocycles. The molecule has 4 aliphatic carbocycles. The highest BCUT2D eigenvalue weighted by Crippen LogP contribution is 2.28. The van der Waals surface area contributed by atoms with Crippen LogP contribution in [0.2, 0.25) is 0 Å². The van der Waals surface area contributed by atoms with Gasteiger partial charge in [-0.15, -0.1) is 20.0 Å². The molecule has 0 spiro atoms. The molecule has 0 N–H and O–H groups in total. The first kappa shape index (κ1) is 51.4. The molecule has 0 saturated heterocycles. The number of nitriles is 4. The lowest BCUT2D eigenvalue weighted by Gasteiger charge is -2.26. The maximum absolute atomic E-state index is 9.96. The highest BCUT2D eigenvalue weighted by atomic mass is 16.5. The number of nitrogens with zero attached hydrogens (tertiary/aromatic N) is 12. The summed E-state index contributed by atoms with van der Waals surface area (Å²) < 4.78 is 21.1. The fourth-order valence-corrected chi connectivity index (χ4v) is 7.19. The van der Waals surface area contributed by atoms with E-state index in [1.807, 2.05) is 0 Å². The number of carbonyl (C=O) groups excluding carboxylic acids is 4. The van der Waals surface area contributed by atoms with Crippen LogP contribution in [0.5, 0.6) is 0 Å². The van der Waals surface area contributed by atoms with Crippen LogP contribution in [0.15, 0.2) is 39.9 Å². The molecule has 0 aromatic rings. The van der Waals surface area contributed by atoms with Gasteiger partial charge in [0.2, 0.25) is 49.1 Å². The molecule has 4 rings (SSSR count). The van der Waals surface area contributed by atoms with E-state index in [0.717, 1.165) is 103 Å². The van der Waals surface area contributed by atoms with E-state index < -0.39 is 0 Å². The molecule has 20 nitrogen and oxygen atoms in total. The van der Waals surface area contributed by atoms with Crippen LogP contribution in [0.3, 0.4) is 0 Å². The Balaban J connectivity index is 0.000000400. The minimum absolute atomic E-state index is 0.0997. The predicted octanol–water partition coefficient (Wildman–Crippen LogP) is 5.63. The van der Waals surface area contributed by atoms with Crippen LogP contribution in [0.25, 0.3) is 0 Å². The highest BCUT2D eigenvalue weighted by Gasteiger charge is 2.24. The molecular weight excluding hydrogens is 777 g/mol. The van der Waals surface area contributed by atoms with Crippen molar-refractivity contribution >= 4 is 49.9 Å². The smallest absolute Gasteiger partial charge is 0.234 e. The monoisotopic (exact) mass is 828 g/mol. The van der Waals surface area contributed by atoms with Gasteiger partial charge < -0.3 is 18.9 Å². The van der Waals surface area contributed by atoms with Crippen molar-refractivity contribution in [3.05, 3.63) is 0 Å². The van der Waals surface area contributed by atoms with Gasteiger partial charge in [-0.3, -0.25) is 0 Å². The minimum atomic E-state index is 0.0997. The van der Waals surface area contributed by atoms with Gasteiger partial charge in [-0.2, -0.15) is 21.0 Å². The van der Waals surface area contributed by atoms with Gasteiger partial charge in [-0.25, -0.2) is 39.1 Å². The molecule has 20 heteroatoms. The minimum Gasteiger partial charge on any atom is -0.479 e. The molecule has 0 aromatic heterocycles. The molecule has 0 amide bonds. The van der Waals surface area contributed by atoms with E-state index >= 15 is 0 Å². The Bertz CT molecular complexity index is 1570. The Hall–Kier alpha value is -6.64. The molecule has 0 bridgehead atoms. The summed E-state index contributed by atoms with van der Waals surface area (Å²) in [6, 6.07) is 0. The molecule has 4 fully saturated rings. The second kappa shape index (κ2) is 36.7. The van der Waals surface area contributed by atoms with Crippen LogP contribution in [-0.2, 0) is 38.1 Å². The van der Waals surface area contributed by atoms with Gasteiger partial charge in [0.05, 0.1) is 38.4 Å². The zero-order valence-corrected chi connectivity index (χ0v) is 33.7. The second-order valence-corrected chi connectivity index (χ2v) is 14.2. The zero-order valence-electron chi connectivity index (χ0n) is 33.7. The second-order valence-electron chi connectivity index (χ2n) is 14.2. The fourth-order valence-electron chi connectivity index (χ4n) is 7.19. The van der Waals surface area contributed by atoms with Gasteiger partial charge in [0, 0.05) is 0 Å². The van der Waals surface area contributed by atoms with Gasteiger partial charge in [0.15, 0.2) is 25.6 Å².